The molecule has 0 aliphatic heterocycles. The van der Waals surface area contributed by atoms with E-state index in [2.05, 4.69) is 12.1 Å². The van der Waals surface area contributed by atoms with Crippen molar-refractivity contribution < 1.29 is 19.1 Å². The molecule has 0 N–H and O–H groups in total. The molecule has 8 nitrogen and oxygen atoms in total. The molecule has 0 amide bonds. The van der Waals surface area contributed by atoms with Crippen LogP contribution < -0.4 is 0 Å². The number of fused-ring (bicyclic) bond motifs is 2. The van der Waals surface area contributed by atoms with Crippen LogP contribution in [0.3, 0.4) is 0 Å². The number of hydrogen-bond acceptors (Lipinski definition) is 6. The molecule has 156 valence electrons. The second-order valence-corrected chi connectivity index (χ2v) is 6.82. The number of aromatic nitrogens is 2. The molecule has 0 saturated heterocycles. The predicted molar refractivity (Wildman–Crippen MR) is 113 cm³/mol. The van der Waals surface area contributed by atoms with Gasteiger partial charge in [0.15, 0.2) is 0 Å². The first-order chi connectivity index (χ1) is 15.6. The van der Waals surface area contributed by atoms with Crippen LogP contribution in [0.1, 0.15) is 22.3 Å². The Bertz CT molecular complexity index is 1340. The topological polar surface area (TPSA) is 109 Å². The molecule has 0 aromatic carbocycles. The zero-order valence-corrected chi connectivity index (χ0v) is 16.8. The Kier molecular flexibility index (Phi) is 5.69. The van der Waals surface area contributed by atoms with E-state index in [9.17, 15) is 20.1 Å². The summed E-state index contributed by atoms with van der Waals surface area (Å²) in [4.78, 5) is 23.9. The summed E-state index contributed by atoms with van der Waals surface area (Å²) >= 11 is 0. The van der Waals surface area contributed by atoms with Crippen molar-refractivity contribution in [3.05, 3.63) is 95.6 Å². The fourth-order valence-electron chi connectivity index (χ4n) is 3.36. The van der Waals surface area contributed by atoms with Gasteiger partial charge in [0.1, 0.15) is 25.4 Å². The average molecular weight is 424 g/mol. The quantitative estimate of drug-likeness (QED) is 0.347. The van der Waals surface area contributed by atoms with Gasteiger partial charge in [-0.2, -0.15) is 10.5 Å². The lowest BCUT2D eigenvalue weighted by Gasteiger charge is -2.01. The van der Waals surface area contributed by atoms with E-state index in [-0.39, 0.29) is 13.2 Å². The van der Waals surface area contributed by atoms with Crippen LogP contribution in [0, 0.1) is 22.7 Å². The first kappa shape index (κ1) is 20.5. The molecule has 4 heterocycles. The van der Waals surface area contributed by atoms with E-state index < -0.39 is 11.9 Å². The maximum atomic E-state index is 12.0. The Morgan fingerprint density at radius 2 is 1.22 bits per heavy atom. The van der Waals surface area contributed by atoms with Crippen molar-refractivity contribution in [1.29, 1.82) is 10.5 Å². The number of nitrogens with zero attached hydrogens (tertiary/aromatic N) is 4. The fraction of sp³-hybridized carbons (Fsp3) is 0.0833. The molecule has 32 heavy (non-hydrogen) atoms. The fourth-order valence-corrected chi connectivity index (χ4v) is 3.36. The van der Waals surface area contributed by atoms with E-state index in [1.165, 1.54) is 0 Å². The van der Waals surface area contributed by atoms with Gasteiger partial charge in [-0.15, -0.1) is 0 Å². The van der Waals surface area contributed by atoms with E-state index in [1.807, 2.05) is 24.3 Å². The van der Waals surface area contributed by atoms with Gasteiger partial charge < -0.3 is 18.3 Å². The van der Waals surface area contributed by atoms with Gasteiger partial charge in [0, 0.05) is 48.1 Å². The van der Waals surface area contributed by atoms with Crippen molar-refractivity contribution in [1.82, 2.24) is 8.80 Å². The molecule has 0 aliphatic rings. The molecule has 4 rings (SSSR count). The Hall–Kier alpha value is -4.82. The summed E-state index contributed by atoms with van der Waals surface area (Å²) in [6.45, 7) is -0.211. The van der Waals surface area contributed by atoms with Gasteiger partial charge in [0.2, 0.25) is 0 Å². The van der Waals surface area contributed by atoms with Crippen LogP contribution in [0.4, 0.5) is 0 Å². The average Bonchev–Trinajstić information content (AvgIpc) is 3.36. The highest BCUT2D eigenvalue weighted by Crippen LogP contribution is 2.19. The van der Waals surface area contributed by atoms with Gasteiger partial charge in [-0.3, -0.25) is 0 Å². The second kappa shape index (κ2) is 8.90. The van der Waals surface area contributed by atoms with Gasteiger partial charge in [0.05, 0.1) is 22.2 Å². The van der Waals surface area contributed by atoms with E-state index in [0.717, 1.165) is 23.2 Å². The van der Waals surface area contributed by atoms with Crippen molar-refractivity contribution >= 4 is 23.0 Å². The van der Waals surface area contributed by atoms with Crippen molar-refractivity contribution in [2.45, 2.75) is 13.2 Å². The Morgan fingerprint density at radius 1 is 0.781 bits per heavy atom. The molecule has 4 aromatic heterocycles. The Balaban J connectivity index is 1.34. The maximum Gasteiger partial charge on any atom is 0.331 e. The van der Waals surface area contributed by atoms with Gasteiger partial charge in [-0.1, -0.05) is 12.1 Å². The molecule has 0 fully saturated rings. The van der Waals surface area contributed by atoms with E-state index in [4.69, 9.17) is 9.47 Å². The lowest BCUT2D eigenvalue weighted by Crippen LogP contribution is -2.05. The molecule has 0 saturated carbocycles. The number of ether oxygens (including phenoxy) is 2. The summed E-state index contributed by atoms with van der Waals surface area (Å²) in [6.07, 6.45) is 8.95. The SMILES string of the molecule is N#Cc1c(COC(=O)/C=C/C(=O)OCc2cn3ccccc3c2C#N)cn2ccccc12. The third kappa shape index (κ3) is 4.07. The van der Waals surface area contributed by atoms with E-state index >= 15 is 0 Å². The molecule has 0 atom stereocenters. The number of esters is 2. The van der Waals surface area contributed by atoms with Crippen molar-refractivity contribution in [3.63, 3.8) is 0 Å². The van der Waals surface area contributed by atoms with Crippen LogP contribution in [0.2, 0.25) is 0 Å². The monoisotopic (exact) mass is 424 g/mol. The van der Waals surface area contributed by atoms with Crippen LogP contribution in [0.25, 0.3) is 11.0 Å². The summed E-state index contributed by atoms with van der Waals surface area (Å²) in [5.41, 5.74) is 3.41. The van der Waals surface area contributed by atoms with Crippen LogP contribution in [0.5, 0.6) is 0 Å². The van der Waals surface area contributed by atoms with Crippen LogP contribution in [-0.4, -0.2) is 20.7 Å². The van der Waals surface area contributed by atoms with Gasteiger partial charge in [-0.05, 0) is 24.3 Å². The number of nitriles is 2. The molecule has 4 aromatic rings. The molecule has 0 spiro atoms. The third-order valence-corrected chi connectivity index (χ3v) is 4.84. The number of pyridine rings is 2. The zero-order chi connectivity index (χ0) is 22.5. The molecular formula is C24H16N4O4. The highest BCUT2D eigenvalue weighted by atomic mass is 16.5. The molecule has 0 unspecified atom stereocenters. The molecule has 0 bridgehead atoms. The minimum atomic E-state index is -0.742. The summed E-state index contributed by atoms with van der Waals surface area (Å²) in [6, 6.07) is 15.1. The van der Waals surface area contributed by atoms with Crippen molar-refractivity contribution in [2.24, 2.45) is 0 Å². The number of carbonyl (C=O) groups is 2. The van der Waals surface area contributed by atoms with Gasteiger partial charge in [0.25, 0.3) is 0 Å². The zero-order valence-electron chi connectivity index (χ0n) is 16.8. The first-order valence-electron chi connectivity index (χ1n) is 9.59. The number of rotatable bonds is 6. The largest absolute Gasteiger partial charge is 0.458 e. The minimum absolute atomic E-state index is 0.106. The standard InChI is InChI=1S/C24H16N4O4/c25-11-19-17(13-27-9-3-1-5-21(19)27)15-31-23(29)7-8-24(30)32-16-18-14-28-10-4-2-6-22(28)20(18)12-26/h1-10,13-14H,15-16H2/b8-7+. The molecule has 0 radical (unpaired) electrons. The highest BCUT2D eigenvalue weighted by Gasteiger charge is 2.13. The van der Waals surface area contributed by atoms with E-state index in [0.29, 0.717) is 22.3 Å². The normalized spacial score (nSPS) is 10.8. The Labute approximate surface area is 182 Å². The van der Waals surface area contributed by atoms with Crippen LogP contribution in [-0.2, 0) is 32.3 Å². The number of carbonyl (C=O) groups excluding carboxylic acids is 2. The first-order valence-corrected chi connectivity index (χ1v) is 9.59. The summed E-state index contributed by atoms with van der Waals surface area (Å²) in [5, 5.41) is 18.8. The lowest BCUT2D eigenvalue weighted by molar-refractivity contribution is -0.141. The van der Waals surface area contributed by atoms with E-state index in [1.54, 1.807) is 45.7 Å². The lowest BCUT2D eigenvalue weighted by atomic mass is 10.2. The Morgan fingerprint density at radius 3 is 1.62 bits per heavy atom. The van der Waals surface area contributed by atoms with Gasteiger partial charge >= 0.3 is 11.9 Å². The minimum Gasteiger partial charge on any atom is -0.458 e. The third-order valence-electron chi connectivity index (χ3n) is 4.84. The summed E-state index contributed by atoms with van der Waals surface area (Å²) in [5.74, 6) is -1.48. The second-order valence-electron chi connectivity index (χ2n) is 6.82. The summed E-state index contributed by atoms with van der Waals surface area (Å²) < 4.78 is 13.8. The predicted octanol–water partition coefficient (Wildman–Crippen LogP) is 3.28. The molecular weight excluding hydrogens is 408 g/mol. The van der Waals surface area contributed by atoms with Crippen LogP contribution >= 0.6 is 0 Å². The van der Waals surface area contributed by atoms with Crippen molar-refractivity contribution in [3.8, 4) is 12.1 Å². The highest BCUT2D eigenvalue weighted by molar-refractivity contribution is 5.91. The summed E-state index contributed by atoms with van der Waals surface area (Å²) in [7, 11) is 0. The maximum absolute atomic E-state index is 12.0. The smallest absolute Gasteiger partial charge is 0.331 e. The van der Waals surface area contributed by atoms with Crippen molar-refractivity contribution in [2.75, 3.05) is 0 Å². The van der Waals surface area contributed by atoms with Crippen LogP contribution in [0.15, 0.2) is 73.3 Å². The molecule has 8 heteroatoms. The van der Waals surface area contributed by atoms with Gasteiger partial charge in [-0.25, -0.2) is 9.59 Å². The molecule has 0 aliphatic carbocycles. The number of hydrogen-bond donors (Lipinski definition) is 0.